The summed E-state index contributed by atoms with van der Waals surface area (Å²) in [5.74, 6) is 0.698. The first-order valence-electron chi connectivity index (χ1n) is 9.21. The Kier molecular flexibility index (Phi) is 5.87. The number of hydrogen-bond donors (Lipinski definition) is 1. The first-order valence-corrected chi connectivity index (χ1v) is 9.21. The lowest BCUT2D eigenvalue weighted by molar-refractivity contribution is -0.133. The predicted octanol–water partition coefficient (Wildman–Crippen LogP) is 4.15. The van der Waals surface area contributed by atoms with Crippen molar-refractivity contribution in [1.29, 1.82) is 0 Å². The molecule has 1 saturated heterocycles. The summed E-state index contributed by atoms with van der Waals surface area (Å²) in [5.41, 5.74) is 2.19. The molecule has 25 heavy (non-hydrogen) atoms. The van der Waals surface area contributed by atoms with Gasteiger partial charge in [-0.3, -0.25) is 4.79 Å². The van der Waals surface area contributed by atoms with Crippen LogP contribution in [0.4, 0.5) is 0 Å². The molecule has 2 aromatic rings. The zero-order chi connectivity index (χ0) is 17.6. The Morgan fingerprint density at radius 1 is 1.00 bits per heavy atom. The fourth-order valence-electron chi connectivity index (χ4n) is 3.68. The number of benzene rings is 2. The van der Waals surface area contributed by atoms with Crippen LogP contribution in [0.1, 0.15) is 49.3 Å². The van der Waals surface area contributed by atoms with Gasteiger partial charge in [0.05, 0.1) is 6.10 Å². The lowest BCUT2D eigenvalue weighted by Gasteiger charge is -2.35. The van der Waals surface area contributed by atoms with Gasteiger partial charge in [0.25, 0.3) is 0 Å². The van der Waals surface area contributed by atoms with E-state index in [2.05, 4.69) is 19.1 Å². The fraction of sp³-hybridized carbons (Fsp3) is 0.409. The molecule has 1 amide bonds. The zero-order valence-corrected chi connectivity index (χ0v) is 14.8. The molecule has 0 unspecified atom stereocenters. The number of piperidine rings is 1. The molecule has 132 valence electrons. The summed E-state index contributed by atoms with van der Waals surface area (Å²) in [6.07, 6.45) is 1.85. The van der Waals surface area contributed by atoms with E-state index < -0.39 is 6.10 Å². The Hall–Kier alpha value is -2.13. The number of nitrogens with zero attached hydrogens (tertiary/aromatic N) is 1. The Labute approximate surface area is 150 Å². The monoisotopic (exact) mass is 337 g/mol. The van der Waals surface area contributed by atoms with E-state index in [0.29, 0.717) is 6.42 Å². The van der Waals surface area contributed by atoms with Crippen molar-refractivity contribution in [2.24, 2.45) is 5.92 Å². The first kappa shape index (κ1) is 17.7. The highest BCUT2D eigenvalue weighted by Crippen LogP contribution is 2.31. The molecular weight excluding hydrogens is 310 g/mol. The summed E-state index contributed by atoms with van der Waals surface area (Å²) in [4.78, 5) is 14.6. The normalized spacial score (nSPS) is 17.9. The molecule has 0 bridgehead atoms. The molecule has 1 fully saturated rings. The number of likely N-dealkylation sites (tertiary alicyclic amines) is 1. The zero-order valence-electron chi connectivity index (χ0n) is 14.8. The summed E-state index contributed by atoms with van der Waals surface area (Å²) in [5, 5.41) is 10.6. The van der Waals surface area contributed by atoms with Crippen LogP contribution >= 0.6 is 0 Å². The van der Waals surface area contributed by atoms with Crippen molar-refractivity contribution in [2.45, 2.75) is 38.2 Å². The largest absolute Gasteiger partial charge is 0.388 e. The standard InChI is InChI=1S/C22H27NO2/c1-17(18-8-4-2-5-9-18)16-21(24)23-14-12-20(13-15-23)22(25)19-10-6-3-7-11-19/h2-11,17,20,22,25H,12-16H2,1H3/t17-,22-/m1/s1. The van der Waals surface area contributed by atoms with Crippen molar-refractivity contribution < 1.29 is 9.90 Å². The van der Waals surface area contributed by atoms with Gasteiger partial charge < -0.3 is 10.0 Å². The smallest absolute Gasteiger partial charge is 0.223 e. The van der Waals surface area contributed by atoms with E-state index >= 15 is 0 Å². The van der Waals surface area contributed by atoms with Crippen LogP contribution in [-0.2, 0) is 4.79 Å². The van der Waals surface area contributed by atoms with Crippen LogP contribution in [0.5, 0.6) is 0 Å². The SMILES string of the molecule is C[C@H](CC(=O)N1CCC([C@H](O)c2ccccc2)CC1)c1ccccc1. The van der Waals surface area contributed by atoms with Crippen LogP contribution in [0, 0.1) is 5.92 Å². The van der Waals surface area contributed by atoms with E-state index in [1.54, 1.807) is 0 Å². The maximum absolute atomic E-state index is 12.6. The second kappa shape index (κ2) is 8.30. The van der Waals surface area contributed by atoms with Gasteiger partial charge in [0.15, 0.2) is 0 Å². The van der Waals surface area contributed by atoms with Crippen molar-refractivity contribution >= 4 is 5.91 Å². The minimum absolute atomic E-state index is 0.226. The van der Waals surface area contributed by atoms with E-state index in [4.69, 9.17) is 0 Å². The third kappa shape index (κ3) is 4.49. The first-order chi connectivity index (χ1) is 12.1. The van der Waals surface area contributed by atoms with Crippen molar-refractivity contribution in [3.8, 4) is 0 Å². The molecular formula is C22H27NO2. The molecule has 1 heterocycles. The van der Waals surface area contributed by atoms with Crippen LogP contribution in [-0.4, -0.2) is 29.0 Å². The molecule has 0 radical (unpaired) electrons. The molecule has 3 heteroatoms. The van der Waals surface area contributed by atoms with Gasteiger partial charge in [0.2, 0.25) is 5.91 Å². The molecule has 0 aromatic heterocycles. The fourth-order valence-corrected chi connectivity index (χ4v) is 3.68. The summed E-state index contributed by atoms with van der Waals surface area (Å²) in [6, 6.07) is 20.0. The number of hydrogen-bond acceptors (Lipinski definition) is 2. The van der Waals surface area contributed by atoms with Crippen LogP contribution < -0.4 is 0 Å². The molecule has 1 aliphatic heterocycles. The second-order valence-corrected chi connectivity index (χ2v) is 7.09. The molecule has 0 spiro atoms. The second-order valence-electron chi connectivity index (χ2n) is 7.09. The van der Waals surface area contributed by atoms with Gasteiger partial charge in [-0.2, -0.15) is 0 Å². The lowest BCUT2D eigenvalue weighted by Crippen LogP contribution is -2.40. The highest BCUT2D eigenvalue weighted by atomic mass is 16.3. The van der Waals surface area contributed by atoms with Gasteiger partial charge in [0.1, 0.15) is 0 Å². The summed E-state index contributed by atoms with van der Waals surface area (Å²) < 4.78 is 0. The molecule has 0 saturated carbocycles. The van der Waals surface area contributed by atoms with E-state index in [9.17, 15) is 9.90 Å². The van der Waals surface area contributed by atoms with Crippen molar-refractivity contribution in [2.75, 3.05) is 13.1 Å². The van der Waals surface area contributed by atoms with E-state index in [-0.39, 0.29) is 17.7 Å². The highest BCUT2D eigenvalue weighted by Gasteiger charge is 2.28. The van der Waals surface area contributed by atoms with Crippen molar-refractivity contribution in [3.05, 3.63) is 71.8 Å². The summed E-state index contributed by atoms with van der Waals surface area (Å²) in [6.45, 7) is 3.60. The van der Waals surface area contributed by atoms with Gasteiger partial charge in [-0.25, -0.2) is 0 Å². The third-order valence-corrected chi connectivity index (χ3v) is 5.33. The predicted molar refractivity (Wildman–Crippen MR) is 100 cm³/mol. The van der Waals surface area contributed by atoms with Crippen LogP contribution in [0.25, 0.3) is 0 Å². The molecule has 1 aliphatic rings. The molecule has 0 aliphatic carbocycles. The Bertz CT molecular complexity index is 663. The molecule has 1 N–H and O–H groups in total. The topological polar surface area (TPSA) is 40.5 Å². The number of aliphatic hydroxyl groups is 1. The minimum Gasteiger partial charge on any atom is -0.388 e. The van der Waals surface area contributed by atoms with Crippen LogP contribution in [0.15, 0.2) is 60.7 Å². The lowest BCUT2D eigenvalue weighted by atomic mass is 9.87. The third-order valence-electron chi connectivity index (χ3n) is 5.33. The van der Waals surface area contributed by atoms with Gasteiger partial charge in [0, 0.05) is 19.5 Å². The quantitative estimate of drug-likeness (QED) is 0.890. The van der Waals surface area contributed by atoms with Crippen molar-refractivity contribution in [3.63, 3.8) is 0 Å². The van der Waals surface area contributed by atoms with Crippen molar-refractivity contribution in [1.82, 2.24) is 4.90 Å². The number of aliphatic hydroxyl groups excluding tert-OH is 1. The molecule has 3 nitrogen and oxygen atoms in total. The van der Waals surface area contributed by atoms with E-state index in [1.165, 1.54) is 5.56 Å². The van der Waals surface area contributed by atoms with E-state index in [1.807, 2.05) is 53.4 Å². The van der Waals surface area contributed by atoms with Crippen LogP contribution in [0.3, 0.4) is 0 Å². The Balaban J connectivity index is 1.51. The van der Waals surface area contributed by atoms with Gasteiger partial charge in [-0.1, -0.05) is 67.6 Å². The summed E-state index contributed by atoms with van der Waals surface area (Å²) >= 11 is 0. The summed E-state index contributed by atoms with van der Waals surface area (Å²) in [7, 11) is 0. The highest BCUT2D eigenvalue weighted by molar-refractivity contribution is 5.77. The number of carbonyl (C=O) groups excluding carboxylic acids is 1. The average molecular weight is 337 g/mol. The van der Waals surface area contributed by atoms with Crippen LogP contribution in [0.2, 0.25) is 0 Å². The molecule has 3 rings (SSSR count). The minimum atomic E-state index is -0.429. The number of rotatable bonds is 5. The maximum Gasteiger partial charge on any atom is 0.223 e. The Morgan fingerprint density at radius 3 is 2.08 bits per heavy atom. The molecule has 2 atom stereocenters. The van der Waals surface area contributed by atoms with E-state index in [0.717, 1.165) is 31.5 Å². The Morgan fingerprint density at radius 2 is 1.52 bits per heavy atom. The number of carbonyl (C=O) groups is 1. The maximum atomic E-state index is 12.6. The van der Waals surface area contributed by atoms with Gasteiger partial charge >= 0.3 is 0 Å². The van der Waals surface area contributed by atoms with Gasteiger partial charge in [-0.05, 0) is 35.8 Å². The van der Waals surface area contributed by atoms with Gasteiger partial charge in [-0.15, -0.1) is 0 Å². The average Bonchev–Trinajstić information content (AvgIpc) is 2.69. The molecule has 2 aromatic carbocycles. The number of amides is 1.